The molecule has 0 radical (unpaired) electrons. The highest BCUT2D eigenvalue weighted by Gasteiger charge is 2.19. The number of carbonyl (C=O) groups excluding carboxylic acids is 1. The Morgan fingerprint density at radius 1 is 1.19 bits per heavy atom. The van der Waals surface area contributed by atoms with Gasteiger partial charge in [0.1, 0.15) is 5.75 Å². The maximum absolute atomic E-state index is 12.6. The smallest absolute Gasteiger partial charge is 0.271 e. The maximum atomic E-state index is 12.6. The number of methoxy groups -OCH3 is 1. The zero-order chi connectivity index (χ0) is 22.5. The van der Waals surface area contributed by atoms with Gasteiger partial charge in [-0.15, -0.1) is 21.5 Å². The van der Waals surface area contributed by atoms with Crippen LogP contribution in [0.3, 0.4) is 0 Å². The van der Waals surface area contributed by atoms with Gasteiger partial charge in [0.25, 0.3) is 5.69 Å². The molecule has 0 atom stereocenters. The molecule has 0 fully saturated rings. The summed E-state index contributed by atoms with van der Waals surface area (Å²) in [6.45, 7) is 0. The Bertz CT molecular complexity index is 1240. The number of thiophene rings is 1. The highest BCUT2D eigenvalue weighted by molar-refractivity contribution is 7.99. The number of hydrogen-bond donors (Lipinski definition) is 1. The molecule has 0 saturated carbocycles. The first-order valence-corrected chi connectivity index (χ1v) is 11.2. The molecule has 32 heavy (non-hydrogen) atoms. The predicted octanol–water partition coefficient (Wildman–Crippen LogP) is 4.64. The molecule has 2 heterocycles. The van der Waals surface area contributed by atoms with E-state index in [2.05, 4.69) is 15.5 Å². The molecule has 4 rings (SSSR count). The van der Waals surface area contributed by atoms with E-state index in [1.165, 1.54) is 37.1 Å². The standard InChI is InChI=1S/C21H17N5O4S2/c1-30-17-10-9-15(26(28)29)12-16(17)22-19(27)13-32-21-24-23-20(18-8-5-11-31-18)25(21)14-6-3-2-4-7-14/h2-12H,13H2,1H3,(H,22,27). The number of nitro groups is 1. The molecule has 0 unspecified atom stereocenters. The fourth-order valence-corrected chi connectivity index (χ4v) is 4.41. The van der Waals surface area contributed by atoms with Crippen molar-refractivity contribution in [3.63, 3.8) is 0 Å². The Morgan fingerprint density at radius 3 is 2.69 bits per heavy atom. The molecule has 4 aromatic rings. The monoisotopic (exact) mass is 467 g/mol. The molecule has 2 aromatic heterocycles. The van der Waals surface area contributed by atoms with Gasteiger partial charge in [-0.2, -0.15) is 0 Å². The number of ether oxygens (including phenoxy) is 1. The van der Waals surface area contributed by atoms with E-state index in [-0.39, 0.29) is 23.0 Å². The minimum absolute atomic E-state index is 0.0290. The Labute approximate surface area is 191 Å². The average Bonchev–Trinajstić information content (AvgIpc) is 3.48. The van der Waals surface area contributed by atoms with Crippen LogP contribution in [0.2, 0.25) is 0 Å². The summed E-state index contributed by atoms with van der Waals surface area (Å²) in [6.07, 6.45) is 0. The van der Waals surface area contributed by atoms with Gasteiger partial charge >= 0.3 is 0 Å². The summed E-state index contributed by atoms with van der Waals surface area (Å²) in [4.78, 5) is 24.1. The second-order valence-electron chi connectivity index (χ2n) is 6.43. The van der Waals surface area contributed by atoms with Crippen LogP contribution in [0.15, 0.2) is 71.2 Å². The van der Waals surface area contributed by atoms with E-state index in [0.29, 0.717) is 16.7 Å². The second kappa shape index (κ2) is 9.62. The lowest BCUT2D eigenvalue weighted by Gasteiger charge is -2.11. The molecule has 162 valence electrons. The fourth-order valence-electron chi connectivity index (χ4n) is 2.96. The first kappa shape index (κ1) is 21.5. The largest absolute Gasteiger partial charge is 0.495 e. The van der Waals surface area contributed by atoms with E-state index in [1.807, 2.05) is 52.4 Å². The van der Waals surface area contributed by atoms with Gasteiger partial charge in [-0.25, -0.2) is 0 Å². The van der Waals surface area contributed by atoms with Crippen LogP contribution in [-0.2, 0) is 4.79 Å². The van der Waals surface area contributed by atoms with E-state index >= 15 is 0 Å². The minimum atomic E-state index is -0.529. The summed E-state index contributed by atoms with van der Waals surface area (Å²) in [6, 6.07) is 17.6. The summed E-state index contributed by atoms with van der Waals surface area (Å²) < 4.78 is 7.10. The van der Waals surface area contributed by atoms with E-state index in [4.69, 9.17) is 4.74 Å². The molecule has 1 amide bonds. The van der Waals surface area contributed by atoms with Gasteiger partial charge in [0.05, 0.1) is 28.4 Å². The number of anilines is 1. The topological polar surface area (TPSA) is 112 Å². The SMILES string of the molecule is COc1ccc([N+](=O)[O-])cc1NC(=O)CSc1nnc(-c2cccs2)n1-c1ccccc1. The normalized spacial score (nSPS) is 10.7. The molecule has 0 aliphatic rings. The average molecular weight is 468 g/mol. The quantitative estimate of drug-likeness (QED) is 0.228. The van der Waals surface area contributed by atoms with Crippen LogP contribution < -0.4 is 10.1 Å². The molecule has 2 aromatic carbocycles. The highest BCUT2D eigenvalue weighted by Crippen LogP contribution is 2.31. The maximum Gasteiger partial charge on any atom is 0.271 e. The number of benzene rings is 2. The zero-order valence-corrected chi connectivity index (χ0v) is 18.4. The lowest BCUT2D eigenvalue weighted by molar-refractivity contribution is -0.384. The van der Waals surface area contributed by atoms with Gasteiger partial charge in [0, 0.05) is 17.8 Å². The Hall–Kier alpha value is -3.70. The van der Waals surface area contributed by atoms with E-state index in [1.54, 1.807) is 11.3 Å². The number of carbonyl (C=O) groups is 1. The molecule has 0 bridgehead atoms. The number of non-ortho nitro benzene ring substituents is 1. The predicted molar refractivity (Wildman–Crippen MR) is 124 cm³/mol. The second-order valence-corrected chi connectivity index (χ2v) is 8.32. The van der Waals surface area contributed by atoms with Crippen molar-refractivity contribution in [3.05, 3.63) is 76.2 Å². The summed E-state index contributed by atoms with van der Waals surface area (Å²) in [5, 5.41) is 24.9. The van der Waals surface area contributed by atoms with Gasteiger partial charge in [-0.1, -0.05) is 36.0 Å². The summed E-state index contributed by atoms with van der Waals surface area (Å²) in [5.74, 6) is 0.700. The number of para-hydroxylation sites is 1. The summed E-state index contributed by atoms with van der Waals surface area (Å²) in [5.41, 5.74) is 0.971. The molecule has 0 aliphatic heterocycles. The van der Waals surface area contributed by atoms with Crippen LogP contribution in [0.5, 0.6) is 5.75 Å². The van der Waals surface area contributed by atoms with Crippen LogP contribution in [-0.4, -0.2) is 38.5 Å². The number of nitrogens with zero attached hydrogens (tertiary/aromatic N) is 4. The van der Waals surface area contributed by atoms with Crippen LogP contribution in [0.25, 0.3) is 16.4 Å². The van der Waals surface area contributed by atoms with E-state index in [9.17, 15) is 14.9 Å². The number of hydrogen-bond acceptors (Lipinski definition) is 8. The van der Waals surface area contributed by atoms with Gasteiger partial charge in [-0.3, -0.25) is 19.5 Å². The molecule has 0 aliphatic carbocycles. The molecular formula is C21H17N5O4S2. The van der Waals surface area contributed by atoms with Gasteiger partial charge < -0.3 is 10.1 Å². The Balaban J connectivity index is 1.55. The van der Waals surface area contributed by atoms with Crippen molar-refractivity contribution in [1.29, 1.82) is 0 Å². The Kier molecular flexibility index (Phi) is 6.47. The van der Waals surface area contributed by atoms with Crippen molar-refractivity contribution in [1.82, 2.24) is 14.8 Å². The fraction of sp³-hybridized carbons (Fsp3) is 0.0952. The van der Waals surface area contributed by atoms with Gasteiger partial charge in [0.15, 0.2) is 11.0 Å². The first-order chi connectivity index (χ1) is 15.6. The number of nitro benzene ring substituents is 1. The van der Waals surface area contributed by atoms with Crippen LogP contribution >= 0.6 is 23.1 Å². The number of rotatable bonds is 8. The molecule has 0 saturated heterocycles. The molecular weight excluding hydrogens is 450 g/mol. The first-order valence-electron chi connectivity index (χ1n) is 9.36. The molecule has 9 nitrogen and oxygen atoms in total. The van der Waals surface area contributed by atoms with Crippen molar-refractivity contribution in [2.75, 3.05) is 18.2 Å². The van der Waals surface area contributed by atoms with Gasteiger partial charge in [-0.05, 0) is 29.6 Å². The third kappa shape index (κ3) is 4.63. The molecule has 0 spiro atoms. The van der Waals surface area contributed by atoms with E-state index in [0.717, 1.165) is 10.6 Å². The third-order valence-corrected chi connectivity index (χ3v) is 6.18. The minimum Gasteiger partial charge on any atom is -0.495 e. The molecule has 11 heteroatoms. The van der Waals surface area contributed by atoms with Crippen molar-refractivity contribution in [2.24, 2.45) is 0 Å². The summed E-state index contributed by atoms with van der Waals surface area (Å²) in [7, 11) is 1.43. The lowest BCUT2D eigenvalue weighted by Crippen LogP contribution is -2.15. The molecule has 1 N–H and O–H groups in total. The third-order valence-electron chi connectivity index (χ3n) is 4.39. The lowest BCUT2D eigenvalue weighted by atomic mass is 10.2. The Morgan fingerprint density at radius 2 is 2.00 bits per heavy atom. The van der Waals surface area contributed by atoms with Crippen molar-refractivity contribution < 1.29 is 14.5 Å². The number of amides is 1. The van der Waals surface area contributed by atoms with Crippen LogP contribution in [0.1, 0.15) is 0 Å². The zero-order valence-electron chi connectivity index (χ0n) is 16.8. The summed E-state index contributed by atoms with van der Waals surface area (Å²) >= 11 is 2.77. The highest BCUT2D eigenvalue weighted by atomic mass is 32.2. The van der Waals surface area contributed by atoms with Crippen LogP contribution in [0, 0.1) is 10.1 Å². The van der Waals surface area contributed by atoms with Crippen molar-refractivity contribution in [3.8, 4) is 22.1 Å². The van der Waals surface area contributed by atoms with Crippen molar-refractivity contribution in [2.45, 2.75) is 5.16 Å². The van der Waals surface area contributed by atoms with Crippen LogP contribution in [0.4, 0.5) is 11.4 Å². The number of aromatic nitrogens is 3. The van der Waals surface area contributed by atoms with Gasteiger partial charge in [0.2, 0.25) is 5.91 Å². The van der Waals surface area contributed by atoms with Crippen molar-refractivity contribution >= 4 is 40.4 Å². The number of nitrogens with one attached hydrogen (secondary N) is 1. The number of thioether (sulfide) groups is 1. The van der Waals surface area contributed by atoms with E-state index < -0.39 is 4.92 Å².